The molecule has 0 fully saturated rings. The minimum absolute atomic E-state index is 0.150. The van der Waals surface area contributed by atoms with E-state index in [0.717, 1.165) is 38.0 Å². The lowest BCUT2D eigenvalue weighted by Gasteiger charge is -2.19. The Morgan fingerprint density at radius 1 is 0.964 bits per heavy atom. The topological polar surface area (TPSA) is 50.8 Å². The van der Waals surface area contributed by atoms with E-state index in [1.807, 2.05) is 18.2 Å². The summed E-state index contributed by atoms with van der Waals surface area (Å²) in [6, 6.07) is 18.8. The molecule has 2 aromatic carbocycles. The minimum Gasteiger partial charge on any atom is -0.497 e. The van der Waals surface area contributed by atoms with E-state index < -0.39 is 0 Å². The molecule has 0 aliphatic rings. The van der Waals surface area contributed by atoms with Crippen LogP contribution < -0.4 is 4.74 Å². The van der Waals surface area contributed by atoms with Crippen molar-refractivity contribution in [2.24, 2.45) is 0 Å². The van der Waals surface area contributed by atoms with Gasteiger partial charge in [-0.05, 0) is 41.3 Å². The lowest BCUT2D eigenvalue weighted by atomic mass is 9.87. The van der Waals surface area contributed by atoms with Gasteiger partial charge in [0.15, 0.2) is 0 Å². The molecule has 142 valence electrons. The molecule has 2 heterocycles. The molecule has 0 aliphatic carbocycles. The summed E-state index contributed by atoms with van der Waals surface area (Å²) in [4.78, 5) is 13.5. The molecule has 0 bridgehead atoms. The van der Waals surface area contributed by atoms with Crippen molar-refractivity contribution in [3.05, 3.63) is 66.5 Å². The van der Waals surface area contributed by atoms with Gasteiger partial charge in [-0.3, -0.25) is 0 Å². The molecule has 4 aromatic rings. The van der Waals surface area contributed by atoms with Crippen molar-refractivity contribution in [2.45, 2.75) is 36.1 Å². The van der Waals surface area contributed by atoms with Crippen LogP contribution in [0.15, 0.2) is 70.8 Å². The molecule has 0 radical (unpaired) electrons. The fourth-order valence-electron chi connectivity index (χ4n) is 3.08. The molecule has 0 aliphatic heterocycles. The Morgan fingerprint density at radius 2 is 1.75 bits per heavy atom. The number of hydrogen-bond donors (Lipinski definition) is 1. The second-order valence-corrected chi connectivity index (χ2v) is 8.79. The number of aromatic amines is 1. The third kappa shape index (κ3) is 3.76. The lowest BCUT2D eigenvalue weighted by molar-refractivity contribution is 0.415. The van der Waals surface area contributed by atoms with Gasteiger partial charge < -0.3 is 9.72 Å². The number of benzene rings is 2. The molecule has 0 saturated heterocycles. The number of methoxy groups -OCH3 is 1. The maximum Gasteiger partial charge on any atom is 0.142 e. The van der Waals surface area contributed by atoms with Gasteiger partial charge in [0.05, 0.1) is 12.5 Å². The molecular weight excluding hydrogens is 366 g/mol. The van der Waals surface area contributed by atoms with Gasteiger partial charge in [0.2, 0.25) is 0 Å². The Kier molecular flexibility index (Phi) is 4.85. The van der Waals surface area contributed by atoms with Crippen molar-refractivity contribution >= 4 is 22.8 Å². The van der Waals surface area contributed by atoms with E-state index in [1.54, 1.807) is 25.2 Å². The van der Waals surface area contributed by atoms with Crippen LogP contribution in [0.2, 0.25) is 0 Å². The third-order valence-corrected chi connectivity index (χ3v) is 5.73. The number of aromatic nitrogens is 3. The quantitative estimate of drug-likeness (QED) is 0.430. The Balaban J connectivity index is 1.67. The average Bonchev–Trinajstić information content (AvgIpc) is 3.13. The number of nitrogens with one attached hydrogen (secondary N) is 1. The predicted molar refractivity (Wildman–Crippen MR) is 115 cm³/mol. The molecule has 0 spiro atoms. The zero-order valence-corrected chi connectivity index (χ0v) is 17.3. The highest BCUT2D eigenvalue weighted by Gasteiger charge is 2.14. The van der Waals surface area contributed by atoms with Gasteiger partial charge in [-0.2, -0.15) is 0 Å². The summed E-state index contributed by atoms with van der Waals surface area (Å²) in [6.45, 7) is 6.68. The second kappa shape index (κ2) is 7.32. The van der Waals surface area contributed by atoms with Crippen molar-refractivity contribution in [2.75, 3.05) is 7.11 Å². The SMILES string of the molecule is COc1cccc(-c2cc3c(Sc4ccc(C(C)(C)C)cc4)ncnc3[nH]2)c1. The fraction of sp³-hybridized carbons (Fsp3) is 0.217. The number of fused-ring (bicyclic) bond motifs is 1. The highest BCUT2D eigenvalue weighted by Crippen LogP contribution is 2.35. The van der Waals surface area contributed by atoms with Crippen molar-refractivity contribution in [1.82, 2.24) is 15.0 Å². The van der Waals surface area contributed by atoms with Gasteiger partial charge in [-0.1, -0.05) is 56.8 Å². The molecule has 28 heavy (non-hydrogen) atoms. The summed E-state index contributed by atoms with van der Waals surface area (Å²) in [7, 11) is 1.68. The standard InChI is InChI=1S/C23H23N3OS/c1-23(2,3)16-8-10-18(11-9-16)28-22-19-13-20(26-21(19)24-14-25-22)15-6-5-7-17(12-15)27-4/h5-14H,1-4H3,(H,24,25,26). The number of H-pyrrole nitrogens is 1. The summed E-state index contributed by atoms with van der Waals surface area (Å²) in [5.41, 5.74) is 4.37. The molecular formula is C23H23N3OS. The molecule has 2 aromatic heterocycles. The summed E-state index contributed by atoms with van der Waals surface area (Å²) in [5, 5.41) is 1.96. The average molecular weight is 390 g/mol. The Labute approximate surface area is 169 Å². The van der Waals surface area contributed by atoms with Crippen LogP contribution in [-0.2, 0) is 5.41 Å². The normalized spacial score (nSPS) is 11.7. The minimum atomic E-state index is 0.150. The summed E-state index contributed by atoms with van der Waals surface area (Å²) >= 11 is 1.66. The van der Waals surface area contributed by atoms with E-state index in [9.17, 15) is 0 Å². The van der Waals surface area contributed by atoms with Crippen LogP contribution in [0.25, 0.3) is 22.3 Å². The van der Waals surface area contributed by atoms with Crippen molar-refractivity contribution in [1.29, 1.82) is 0 Å². The van der Waals surface area contributed by atoms with Crippen LogP contribution in [-0.4, -0.2) is 22.1 Å². The highest BCUT2D eigenvalue weighted by molar-refractivity contribution is 7.99. The molecule has 5 heteroatoms. The van der Waals surface area contributed by atoms with Crippen molar-refractivity contribution in [3.63, 3.8) is 0 Å². The molecule has 4 nitrogen and oxygen atoms in total. The number of hydrogen-bond acceptors (Lipinski definition) is 4. The van der Waals surface area contributed by atoms with Gasteiger partial charge in [0.1, 0.15) is 22.7 Å². The van der Waals surface area contributed by atoms with Crippen LogP contribution in [0, 0.1) is 0 Å². The Morgan fingerprint density at radius 3 is 2.46 bits per heavy atom. The van der Waals surface area contributed by atoms with E-state index in [2.05, 4.69) is 72.1 Å². The van der Waals surface area contributed by atoms with Gasteiger partial charge in [0.25, 0.3) is 0 Å². The van der Waals surface area contributed by atoms with Crippen LogP contribution >= 0.6 is 11.8 Å². The third-order valence-electron chi connectivity index (χ3n) is 4.70. The summed E-state index contributed by atoms with van der Waals surface area (Å²) < 4.78 is 5.34. The first-order valence-electron chi connectivity index (χ1n) is 9.20. The zero-order chi connectivity index (χ0) is 19.7. The Bertz CT molecular complexity index is 1110. The van der Waals surface area contributed by atoms with Crippen LogP contribution in [0.3, 0.4) is 0 Å². The van der Waals surface area contributed by atoms with Crippen LogP contribution in [0.4, 0.5) is 0 Å². The first-order valence-corrected chi connectivity index (χ1v) is 10.0. The predicted octanol–water partition coefficient (Wildman–Crippen LogP) is 6.08. The van der Waals surface area contributed by atoms with Gasteiger partial charge in [-0.15, -0.1) is 0 Å². The molecule has 0 atom stereocenters. The monoisotopic (exact) mass is 389 g/mol. The zero-order valence-electron chi connectivity index (χ0n) is 16.5. The first kappa shape index (κ1) is 18.6. The molecule has 0 amide bonds. The summed E-state index contributed by atoms with van der Waals surface area (Å²) in [6.07, 6.45) is 1.61. The molecule has 0 unspecified atom stereocenters. The van der Waals surface area contributed by atoms with Gasteiger partial charge in [-0.25, -0.2) is 9.97 Å². The van der Waals surface area contributed by atoms with E-state index in [0.29, 0.717) is 0 Å². The van der Waals surface area contributed by atoms with Crippen molar-refractivity contribution < 1.29 is 4.74 Å². The largest absolute Gasteiger partial charge is 0.497 e. The number of nitrogens with zero attached hydrogens (tertiary/aromatic N) is 2. The second-order valence-electron chi connectivity index (χ2n) is 7.73. The summed E-state index contributed by atoms with van der Waals surface area (Å²) in [5.74, 6) is 0.829. The fourth-order valence-corrected chi connectivity index (χ4v) is 3.94. The number of rotatable bonds is 4. The van der Waals surface area contributed by atoms with E-state index in [-0.39, 0.29) is 5.41 Å². The van der Waals surface area contributed by atoms with E-state index in [1.165, 1.54) is 5.56 Å². The maximum absolute atomic E-state index is 5.34. The maximum atomic E-state index is 5.34. The van der Waals surface area contributed by atoms with Crippen molar-refractivity contribution in [3.8, 4) is 17.0 Å². The first-order chi connectivity index (χ1) is 13.4. The molecule has 0 saturated carbocycles. The highest BCUT2D eigenvalue weighted by atomic mass is 32.2. The smallest absolute Gasteiger partial charge is 0.142 e. The molecule has 4 rings (SSSR count). The van der Waals surface area contributed by atoms with Crippen LogP contribution in [0.1, 0.15) is 26.3 Å². The molecule has 1 N–H and O–H groups in total. The van der Waals surface area contributed by atoms with Gasteiger partial charge >= 0.3 is 0 Å². The van der Waals surface area contributed by atoms with E-state index in [4.69, 9.17) is 4.74 Å². The number of ether oxygens (including phenoxy) is 1. The van der Waals surface area contributed by atoms with Gasteiger partial charge in [0, 0.05) is 16.2 Å². The lowest BCUT2D eigenvalue weighted by Crippen LogP contribution is -2.10. The van der Waals surface area contributed by atoms with Crippen LogP contribution in [0.5, 0.6) is 5.75 Å². The van der Waals surface area contributed by atoms with E-state index >= 15 is 0 Å². The Hall–Kier alpha value is -2.79.